The molecule has 0 spiro atoms. The number of nitrogens with zero attached hydrogens (tertiary/aromatic N) is 1. The molecule has 10 heavy (non-hydrogen) atoms. The fraction of sp³-hybridized carbons (Fsp3) is 0.167. The molecule has 0 unspecified atom stereocenters. The molecule has 0 aromatic carbocycles. The Morgan fingerprint density at radius 3 is 2.10 bits per heavy atom. The normalized spacial score (nSPS) is 9.90. The lowest BCUT2D eigenvalue weighted by Gasteiger charge is -2.00. The zero-order valence-corrected chi connectivity index (χ0v) is 6.65. The summed E-state index contributed by atoms with van der Waals surface area (Å²) in [7, 11) is 0. The van der Waals surface area contributed by atoms with E-state index in [0.29, 0.717) is 16.6 Å². The number of aromatic nitrogens is 1. The zero-order chi connectivity index (χ0) is 7.56. The van der Waals surface area contributed by atoms with Crippen LogP contribution in [0.2, 0.25) is 10.0 Å². The van der Waals surface area contributed by atoms with Gasteiger partial charge in [-0.3, -0.25) is 4.98 Å². The van der Waals surface area contributed by atoms with Crippen molar-refractivity contribution in [3.63, 3.8) is 0 Å². The lowest BCUT2D eigenvalue weighted by atomic mass is 10.3. The summed E-state index contributed by atoms with van der Waals surface area (Å²) in [5.74, 6) is 0. The highest BCUT2D eigenvalue weighted by atomic mass is 35.5. The highest BCUT2D eigenvalue weighted by molar-refractivity contribution is 6.35. The minimum absolute atomic E-state index is 0.347. The first-order valence-electron chi connectivity index (χ1n) is 2.73. The molecule has 4 heteroatoms. The van der Waals surface area contributed by atoms with Crippen molar-refractivity contribution in [2.75, 3.05) is 0 Å². The Balaban J connectivity index is 3.17. The van der Waals surface area contributed by atoms with Crippen LogP contribution in [0.1, 0.15) is 5.56 Å². The van der Waals surface area contributed by atoms with Crippen molar-refractivity contribution in [3.05, 3.63) is 28.0 Å². The summed E-state index contributed by atoms with van der Waals surface area (Å²) in [4.78, 5) is 3.77. The second kappa shape index (κ2) is 3.19. The van der Waals surface area contributed by atoms with Gasteiger partial charge in [-0.05, 0) is 0 Å². The van der Waals surface area contributed by atoms with Crippen LogP contribution >= 0.6 is 23.2 Å². The third-order valence-electron chi connectivity index (χ3n) is 1.16. The molecule has 0 bridgehead atoms. The Morgan fingerprint density at radius 2 is 1.80 bits per heavy atom. The van der Waals surface area contributed by atoms with Gasteiger partial charge in [0.15, 0.2) is 0 Å². The van der Waals surface area contributed by atoms with Gasteiger partial charge in [0.25, 0.3) is 0 Å². The standard InChI is InChI=1S/C6H6Cl2N2/c7-5-2-10-3-6(8)4(5)1-9/h2-3H,1,9H2. The van der Waals surface area contributed by atoms with E-state index in [1.165, 1.54) is 12.4 Å². The number of pyridine rings is 1. The smallest absolute Gasteiger partial charge is 0.0649 e. The van der Waals surface area contributed by atoms with Gasteiger partial charge in [0.2, 0.25) is 0 Å². The average molecular weight is 177 g/mol. The molecule has 0 radical (unpaired) electrons. The SMILES string of the molecule is NCc1c(Cl)cncc1Cl. The molecule has 0 saturated heterocycles. The van der Waals surface area contributed by atoms with Crippen LogP contribution in [-0.4, -0.2) is 4.98 Å². The minimum Gasteiger partial charge on any atom is -0.326 e. The summed E-state index contributed by atoms with van der Waals surface area (Å²) in [6, 6.07) is 0. The number of rotatable bonds is 1. The fourth-order valence-corrected chi connectivity index (χ4v) is 1.15. The first kappa shape index (κ1) is 7.79. The van der Waals surface area contributed by atoms with E-state index in [2.05, 4.69) is 4.98 Å². The first-order chi connectivity index (χ1) is 4.75. The Labute approximate surface area is 69.0 Å². The predicted octanol–water partition coefficient (Wildman–Crippen LogP) is 1.85. The molecule has 1 heterocycles. The van der Waals surface area contributed by atoms with Gasteiger partial charge in [-0.25, -0.2) is 0 Å². The van der Waals surface area contributed by atoms with Gasteiger partial charge in [-0.15, -0.1) is 0 Å². The second-order valence-electron chi connectivity index (χ2n) is 1.79. The van der Waals surface area contributed by atoms with Crippen LogP contribution in [0.25, 0.3) is 0 Å². The van der Waals surface area contributed by atoms with Crippen molar-refractivity contribution < 1.29 is 0 Å². The van der Waals surface area contributed by atoms with E-state index in [1.54, 1.807) is 0 Å². The van der Waals surface area contributed by atoms with Crippen molar-refractivity contribution in [2.45, 2.75) is 6.54 Å². The maximum absolute atomic E-state index is 5.70. The van der Waals surface area contributed by atoms with Crippen LogP contribution < -0.4 is 5.73 Å². The molecule has 54 valence electrons. The number of halogens is 2. The van der Waals surface area contributed by atoms with E-state index in [0.717, 1.165) is 5.56 Å². The maximum Gasteiger partial charge on any atom is 0.0649 e. The molecular weight excluding hydrogens is 171 g/mol. The lowest BCUT2D eigenvalue weighted by Crippen LogP contribution is -1.98. The Bertz CT molecular complexity index is 217. The Morgan fingerprint density at radius 1 is 1.30 bits per heavy atom. The molecule has 0 fully saturated rings. The van der Waals surface area contributed by atoms with Gasteiger partial charge in [0.1, 0.15) is 0 Å². The molecule has 2 nitrogen and oxygen atoms in total. The summed E-state index contributed by atoms with van der Waals surface area (Å²) in [5.41, 5.74) is 6.10. The third-order valence-corrected chi connectivity index (χ3v) is 1.81. The first-order valence-corrected chi connectivity index (χ1v) is 3.49. The largest absolute Gasteiger partial charge is 0.326 e. The molecule has 1 aromatic rings. The van der Waals surface area contributed by atoms with E-state index in [9.17, 15) is 0 Å². The van der Waals surface area contributed by atoms with Gasteiger partial charge < -0.3 is 5.73 Å². The predicted molar refractivity (Wildman–Crippen MR) is 42.1 cm³/mol. The molecule has 2 N–H and O–H groups in total. The molecule has 0 saturated carbocycles. The summed E-state index contributed by atoms with van der Waals surface area (Å²) in [5, 5.41) is 1.05. The van der Waals surface area contributed by atoms with Crippen molar-refractivity contribution in [1.29, 1.82) is 0 Å². The van der Waals surface area contributed by atoms with Gasteiger partial charge in [-0.1, -0.05) is 23.2 Å². The molecule has 0 aliphatic carbocycles. The minimum atomic E-state index is 0.347. The highest BCUT2D eigenvalue weighted by Gasteiger charge is 2.01. The van der Waals surface area contributed by atoms with E-state index < -0.39 is 0 Å². The quantitative estimate of drug-likeness (QED) is 0.710. The average Bonchev–Trinajstić information content (AvgIpc) is 1.88. The summed E-state index contributed by atoms with van der Waals surface area (Å²) >= 11 is 11.4. The summed E-state index contributed by atoms with van der Waals surface area (Å²) in [6.07, 6.45) is 3.05. The maximum atomic E-state index is 5.70. The van der Waals surface area contributed by atoms with Crippen LogP contribution in [0.4, 0.5) is 0 Å². The van der Waals surface area contributed by atoms with Gasteiger partial charge >= 0.3 is 0 Å². The second-order valence-corrected chi connectivity index (χ2v) is 2.60. The van der Waals surface area contributed by atoms with Crippen LogP contribution in [0.15, 0.2) is 12.4 Å². The number of hydrogen-bond donors (Lipinski definition) is 1. The summed E-state index contributed by atoms with van der Waals surface area (Å²) in [6.45, 7) is 0.347. The van der Waals surface area contributed by atoms with Gasteiger partial charge in [0, 0.05) is 24.5 Å². The molecule has 1 aromatic heterocycles. The molecule has 0 aliphatic rings. The number of nitrogens with two attached hydrogens (primary N) is 1. The van der Waals surface area contributed by atoms with Crippen LogP contribution in [0.5, 0.6) is 0 Å². The fourth-order valence-electron chi connectivity index (χ4n) is 0.633. The van der Waals surface area contributed by atoms with E-state index in [4.69, 9.17) is 28.9 Å². The van der Waals surface area contributed by atoms with Crippen LogP contribution in [0, 0.1) is 0 Å². The van der Waals surface area contributed by atoms with Crippen LogP contribution in [0.3, 0.4) is 0 Å². The molecule has 0 atom stereocenters. The molecule has 1 rings (SSSR count). The molecule has 0 amide bonds. The molecule has 0 aliphatic heterocycles. The number of hydrogen-bond acceptors (Lipinski definition) is 2. The lowest BCUT2D eigenvalue weighted by molar-refractivity contribution is 1.06. The van der Waals surface area contributed by atoms with Crippen molar-refractivity contribution in [1.82, 2.24) is 4.98 Å². The van der Waals surface area contributed by atoms with E-state index in [-0.39, 0.29) is 0 Å². The van der Waals surface area contributed by atoms with Crippen LogP contribution in [-0.2, 0) is 6.54 Å². The van der Waals surface area contributed by atoms with E-state index >= 15 is 0 Å². The van der Waals surface area contributed by atoms with Gasteiger partial charge in [-0.2, -0.15) is 0 Å². The summed E-state index contributed by atoms with van der Waals surface area (Å²) < 4.78 is 0. The van der Waals surface area contributed by atoms with Crippen molar-refractivity contribution >= 4 is 23.2 Å². The topological polar surface area (TPSA) is 38.9 Å². The van der Waals surface area contributed by atoms with Crippen molar-refractivity contribution in [3.8, 4) is 0 Å². The zero-order valence-electron chi connectivity index (χ0n) is 5.14. The third kappa shape index (κ3) is 1.40. The van der Waals surface area contributed by atoms with Gasteiger partial charge in [0.05, 0.1) is 10.0 Å². The monoisotopic (exact) mass is 176 g/mol. The Hall–Kier alpha value is -0.310. The van der Waals surface area contributed by atoms with Crippen molar-refractivity contribution in [2.24, 2.45) is 5.73 Å². The van der Waals surface area contributed by atoms with E-state index in [1.807, 2.05) is 0 Å². The molecular formula is C6H6Cl2N2. The highest BCUT2D eigenvalue weighted by Crippen LogP contribution is 2.21. The Kier molecular flexibility index (Phi) is 2.49.